The highest BCUT2D eigenvalue weighted by molar-refractivity contribution is 7.90. The van der Waals surface area contributed by atoms with E-state index in [1.807, 2.05) is 12.1 Å². The van der Waals surface area contributed by atoms with Gasteiger partial charge < -0.3 is 5.32 Å². The van der Waals surface area contributed by atoms with Crippen LogP contribution in [0.1, 0.15) is 17.9 Å². The minimum atomic E-state index is -3.39. The average molecular weight is 317 g/mol. The topological polar surface area (TPSA) is 89.0 Å². The number of sulfone groups is 1. The van der Waals surface area contributed by atoms with Crippen molar-refractivity contribution in [3.63, 3.8) is 0 Å². The smallest absolute Gasteiger partial charge is 0.228 e. The maximum Gasteiger partial charge on any atom is 0.228 e. The van der Waals surface area contributed by atoms with E-state index < -0.39 is 9.84 Å². The molecular formula is C15H15N3O3S. The van der Waals surface area contributed by atoms with Gasteiger partial charge in [-0.15, -0.1) is 0 Å². The number of anilines is 1. The van der Waals surface area contributed by atoms with Crippen LogP contribution in [0.15, 0.2) is 47.9 Å². The summed E-state index contributed by atoms with van der Waals surface area (Å²) in [4.78, 5) is 20.0. The van der Waals surface area contributed by atoms with Crippen molar-refractivity contribution in [2.45, 2.75) is 17.4 Å². The number of nitrogens with zero attached hydrogens (tertiary/aromatic N) is 2. The van der Waals surface area contributed by atoms with Crippen molar-refractivity contribution in [1.29, 1.82) is 0 Å². The monoisotopic (exact) mass is 317 g/mol. The molecule has 7 heteroatoms. The molecule has 1 fully saturated rings. The fourth-order valence-electron chi connectivity index (χ4n) is 2.39. The number of pyridine rings is 2. The van der Waals surface area contributed by atoms with Crippen LogP contribution in [-0.4, -0.2) is 30.5 Å². The summed E-state index contributed by atoms with van der Waals surface area (Å²) >= 11 is 0. The molecule has 6 nitrogen and oxygen atoms in total. The van der Waals surface area contributed by atoms with E-state index in [0.717, 1.165) is 18.2 Å². The first-order valence-electron chi connectivity index (χ1n) is 6.82. The predicted molar refractivity (Wildman–Crippen MR) is 81.1 cm³/mol. The molecule has 2 aromatic rings. The van der Waals surface area contributed by atoms with Crippen molar-refractivity contribution < 1.29 is 13.2 Å². The predicted octanol–water partition coefficient (Wildman–Crippen LogP) is 1.62. The molecule has 2 aromatic heterocycles. The van der Waals surface area contributed by atoms with Crippen LogP contribution in [0, 0.1) is 5.92 Å². The molecule has 1 aliphatic rings. The minimum Gasteiger partial charge on any atom is -0.326 e. The molecule has 0 aliphatic heterocycles. The second kappa shape index (κ2) is 5.49. The summed E-state index contributed by atoms with van der Waals surface area (Å²) in [6.45, 7) is 0. The number of hydrogen-bond donors (Lipinski definition) is 1. The summed E-state index contributed by atoms with van der Waals surface area (Å²) in [5.41, 5.74) is 1.54. The summed E-state index contributed by atoms with van der Waals surface area (Å²) in [7, 11) is -3.39. The third kappa shape index (κ3) is 3.14. The molecule has 2 heterocycles. The van der Waals surface area contributed by atoms with Crippen LogP contribution in [0.3, 0.4) is 0 Å². The number of amides is 1. The Morgan fingerprint density at radius 3 is 2.64 bits per heavy atom. The molecule has 1 saturated carbocycles. The number of hydrogen-bond acceptors (Lipinski definition) is 5. The molecule has 0 aromatic carbocycles. The van der Waals surface area contributed by atoms with Gasteiger partial charge >= 0.3 is 0 Å². The highest BCUT2D eigenvalue weighted by Crippen LogP contribution is 2.47. The molecule has 1 amide bonds. The van der Waals surface area contributed by atoms with Crippen LogP contribution in [-0.2, 0) is 14.6 Å². The fourth-order valence-corrected chi connectivity index (χ4v) is 2.98. The molecule has 2 atom stereocenters. The molecule has 22 heavy (non-hydrogen) atoms. The summed E-state index contributed by atoms with van der Waals surface area (Å²) in [6, 6.07) is 6.77. The first kappa shape index (κ1) is 14.6. The highest BCUT2D eigenvalue weighted by atomic mass is 32.2. The van der Waals surface area contributed by atoms with Gasteiger partial charge in [-0.3, -0.25) is 9.78 Å². The number of aromatic nitrogens is 2. The maximum absolute atomic E-state index is 12.2. The number of rotatable bonds is 4. The lowest BCUT2D eigenvalue weighted by molar-refractivity contribution is -0.117. The molecule has 0 saturated heterocycles. The zero-order valence-electron chi connectivity index (χ0n) is 11.9. The highest BCUT2D eigenvalue weighted by Gasteiger charge is 2.43. The number of nitrogens with one attached hydrogen (secondary N) is 1. The van der Waals surface area contributed by atoms with E-state index in [4.69, 9.17) is 0 Å². The van der Waals surface area contributed by atoms with Crippen molar-refractivity contribution in [2.24, 2.45) is 5.92 Å². The van der Waals surface area contributed by atoms with E-state index in [1.165, 1.54) is 12.3 Å². The number of carbonyl (C=O) groups is 1. The Morgan fingerprint density at radius 2 is 1.95 bits per heavy atom. The summed E-state index contributed by atoms with van der Waals surface area (Å²) in [5.74, 6) is 0.0175. The molecule has 1 aliphatic carbocycles. The Hall–Kier alpha value is -2.28. The minimum absolute atomic E-state index is 0.0493. The van der Waals surface area contributed by atoms with Crippen LogP contribution >= 0.6 is 0 Å². The second-order valence-corrected chi connectivity index (χ2v) is 7.34. The van der Waals surface area contributed by atoms with E-state index in [1.54, 1.807) is 18.5 Å². The van der Waals surface area contributed by atoms with Crippen molar-refractivity contribution in [3.8, 4) is 0 Å². The van der Waals surface area contributed by atoms with Crippen LogP contribution in [0.25, 0.3) is 0 Å². The maximum atomic E-state index is 12.2. The van der Waals surface area contributed by atoms with Crippen molar-refractivity contribution >= 4 is 21.4 Å². The standard InChI is InChI=1S/C15H15N3O3S/c1-22(20,21)14-8-11(4-7-17-14)18-15(19)13-9-12(13)10-2-5-16-6-3-10/h2-8,12-13H,9H2,1H3,(H,17,18,19)/t12-,13+/m0/s1. The van der Waals surface area contributed by atoms with Crippen LogP contribution in [0.5, 0.6) is 0 Å². The lowest BCUT2D eigenvalue weighted by Crippen LogP contribution is -2.15. The zero-order valence-corrected chi connectivity index (χ0v) is 12.7. The average Bonchev–Trinajstić information content (AvgIpc) is 3.28. The summed E-state index contributed by atoms with van der Waals surface area (Å²) in [5, 5.41) is 2.71. The zero-order chi connectivity index (χ0) is 15.7. The van der Waals surface area contributed by atoms with Gasteiger partial charge in [0.25, 0.3) is 0 Å². The van der Waals surface area contributed by atoms with E-state index >= 15 is 0 Å². The van der Waals surface area contributed by atoms with Gasteiger partial charge in [0.1, 0.15) is 0 Å². The summed E-state index contributed by atoms with van der Waals surface area (Å²) < 4.78 is 22.9. The number of carbonyl (C=O) groups excluding carboxylic acids is 1. The first-order valence-corrected chi connectivity index (χ1v) is 8.71. The molecule has 3 rings (SSSR count). The van der Waals surface area contributed by atoms with Gasteiger partial charge in [-0.25, -0.2) is 13.4 Å². The normalized spacial score (nSPS) is 20.4. The van der Waals surface area contributed by atoms with Gasteiger partial charge in [-0.2, -0.15) is 0 Å². The Morgan fingerprint density at radius 1 is 1.23 bits per heavy atom. The molecule has 0 unspecified atom stereocenters. The van der Waals surface area contributed by atoms with Crippen LogP contribution < -0.4 is 5.32 Å². The molecule has 1 N–H and O–H groups in total. The molecule has 0 spiro atoms. The largest absolute Gasteiger partial charge is 0.326 e. The lowest BCUT2D eigenvalue weighted by Gasteiger charge is -2.06. The van der Waals surface area contributed by atoms with Crippen molar-refractivity contribution in [3.05, 3.63) is 48.4 Å². The molecule has 114 valence electrons. The first-order chi connectivity index (χ1) is 10.4. The van der Waals surface area contributed by atoms with E-state index in [0.29, 0.717) is 5.69 Å². The van der Waals surface area contributed by atoms with E-state index in [-0.39, 0.29) is 22.8 Å². The second-order valence-electron chi connectivity index (χ2n) is 5.37. The lowest BCUT2D eigenvalue weighted by atomic mass is 10.1. The van der Waals surface area contributed by atoms with Gasteiger partial charge in [0.15, 0.2) is 14.9 Å². The van der Waals surface area contributed by atoms with Gasteiger partial charge in [0.2, 0.25) is 5.91 Å². The van der Waals surface area contributed by atoms with E-state index in [9.17, 15) is 13.2 Å². The summed E-state index contributed by atoms with van der Waals surface area (Å²) in [6.07, 6.45) is 6.67. The van der Waals surface area contributed by atoms with Crippen LogP contribution in [0.2, 0.25) is 0 Å². The Labute approximate surface area is 128 Å². The van der Waals surface area contributed by atoms with Gasteiger partial charge in [-0.1, -0.05) is 0 Å². The molecule has 0 radical (unpaired) electrons. The van der Waals surface area contributed by atoms with Gasteiger partial charge in [0.05, 0.1) is 0 Å². The Kier molecular flexibility index (Phi) is 3.66. The van der Waals surface area contributed by atoms with Gasteiger partial charge in [0, 0.05) is 36.5 Å². The fraction of sp³-hybridized carbons (Fsp3) is 0.267. The van der Waals surface area contributed by atoms with E-state index in [2.05, 4.69) is 15.3 Å². The third-order valence-electron chi connectivity index (χ3n) is 3.64. The Bertz CT molecular complexity index is 806. The quantitative estimate of drug-likeness (QED) is 0.925. The SMILES string of the molecule is CS(=O)(=O)c1cc(NC(=O)[C@@H]2C[C@H]2c2ccncc2)ccn1. The molecule has 0 bridgehead atoms. The van der Waals surface area contributed by atoms with Crippen molar-refractivity contribution in [2.75, 3.05) is 11.6 Å². The Balaban J connectivity index is 1.69. The molecular weight excluding hydrogens is 302 g/mol. The van der Waals surface area contributed by atoms with Crippen LogP contribution in [0.4, 0.5) is 5.69 Å². The van der Waals surface area contributed by atoms with Gasteiger partial charge in [-0.05, 0) is 42.2 Å². The van der Waals surface area contributed by atoms with Crippen molar-refractivity contribution in [1.82, 2.24) is 9.97 Å². The third-order valence-corrected chi connectivity index (χ3v) is 4.63.